The molecule has 4 aromatic rings. The Morgan fingerprint density at radius 3 is 2.28 bits per heavy atom. The van der Waals surface area contributed by atoms with Crippen LogP contribution < -0.4 is 14.2 Å². The molecule has 8 heteroatoms. The van der Waals surface area contributed by atoms with E-state index in [0.717, 1.165) is 48.3 Å². The monoisotopic (exact) mass is 497 g/mol. The van der Waals surface area contributed by atoms with Crippen LogP contribution in [0.3, 0.4) is 0 Å². The van der Waals surface area contributed by atoms with E-state index in [0.29, 0.717) is 35.0 Å². The molecular weight excluding hydrogens is 471 g/mol. The molecule has 0 unspecified atom stereocenters. The van der Waals surface area contributed by atoms with Crippen LogP contribution in [0.25, 0.3) is 22.3 Å². The van der Waals surface area contributed by atoms with Gasteiger partial charge in [0, 0.05) is 30.6 Å². The van der Waals surface area contributed by atoms with Gasteiger partial charge >= 0.3 is 6.18 Å². The molecule has 1 aromatic heterocycles. The quantitative estimate of drug-likeness (QED) is 0.297. The number of nitrogens with zero attached hydrogens (tertiary/aromatic N) is 1. The molecule has 0 atom stereocenters. The van der Waals surface area contributed by atoms with E-state index >= 15 is 0 Å². The second kappa shape index (κ2) is 9.43. The summed E-state index contributed by atoms with van der Waals surface area (Å²) in [6.45, 7) is 2.32. The predicted molar refractivity (Wildman–Crippen MR) is 131 cm³/mol. The zero-order valence-electron chi connectivity index (χ0n) is 20.2. The molecule has 0 fully saturated rings. The highest BCUT2D eigenvalue weighted by Crippen LogP contribution is 2.38. The van der Waals surface area contributed by atoms with Gasteiger partial charge in [0.25, 0.3) is 0 Å². The van der Waals surface area contributed by atoms with E-state index in [4.69, 9.17) is 18.6 Å². The molecule has 2 heterocycles. The number of fused-ring (bicyclic) bond motifs is 2. The lowest BCUT2D eigenvalue weighted by molar-refractivity contribution is -0.137. The lowest BCUT2D eigenvalue weighted by Crippen LogP contribution is -2.30. The second-order valence-corrected chi connectivity index (χ2v) is 8.84. The highest BCUT2D eigenvalue weighted by molar-refractivity contribution is 5.88. The van der Waals surface area contributed by atoms with Gasteiger partial charge in [-0.05, 0) is 65.6 Å². The smallest absolute Gasteiger partial charge is 0.416 e. The Morgan fingerprint density at radius 2 is 1.58 bits per heavy atom. The molecule has 0 amide bonds. The summed E-state index contributed by atoms with van der Waals surface area (Å²) >= 11 is 0. The third-order valence-electron chi connectivity index (χ3n) is 6.54. The number of benzene rings is 3. The van der Waals surface area contributed by atoms with Gasteiger partial charge in [0.2, 0.25) is 0 Å². The molecule has 1 aliphatic rings. The summed E-state index contributed by atoms with van der Waals surface area (Å²) in [5.41, 5.74) is 3.63. The van der Waals surface area contributed by atoms with Gasteiger partial charge in [-0.25, -0.2) is 0 Å². The Balaban J connectivity index is 1.43. The third-order valence-corrected chi connectivity index (χ3v) is 6.54. The van der Waals surface area contributed by atoms with E-state index in [-0.39, 0.29) is 0 Å². The summed E-state index contributed by atoms with van der Waals surface area (Å²) < 4.78 is 62.0. The maximum absolute atomic E-state index is 13.2. The Bertz CT molecular complexity index is 1410. The Kier molecular flexibility index (Phi) is 6.30. The molecule has 0 saturated carbocycles. The van der Waals surface area contributed by atoms with E-state index in [2.05, 4.69) is 4.90 Å². The van der Waals surface area contributed by atoms with Gasteiger partial charge < -0.3 is 18.6 Å². The van der Waals surface area contributed by atoms with Gasteiger partial charge in [-0.15, -0.1) is 0 Å². The number of hydrogen-bond donors (Lipinski definition) is 0. The van der Waals surface area contributed by atoms with Crippen LogP contribution >= 0.6 is 0 Å². The van der Waals surface area contributed by atoms with Gasteiger partial charge in [-0.2, -0.15) is 13.2 Å². The normalized spacial score (nSPS) is 14.1. The van der Waals surface area contributed by atoms with Crippen molar-refractivity contribution >= 4 is 11.0 Å². The van der Waals surface area contributed by atoms with Gasteiger partial charge in [0.05, 0.1) is 26.9 Å². The van der Waals surface area contributed by atoms with Gasteiger partial charge in [-0.3, -0.25) is 4.90 Å². The first-order valence-electron chi connectivity index (χ1n) is 11.5. The molecule has 5 rings (SSSR count). The van der Waals surface area contributed by atoms with Crippen molar-refractivity contribution in [2.45, 2.75) is 25.7 Å². The minimum absolute atomic E-state index is 0.361. The molecule has 0 spiro atoms. The average Bonchev–Trinajstić information content (AvgIpc) is 3.31. The van der Waals surface area contributed by atoms with E-state index in [1.807, 2.05) is 24.3 Å². The number of rotatable bonds is 6. The van der Waals surface area contributed by atoms with Gasteiger partial charge in [0.1, 0.15) is 5.76 Å². The van der Waals surface area contributed by atoms with Crippen molar-refractivity contribution in [1.82, 2.24) is 4.90 Å². The minimum atomic E-state index is -4.42. The zero-order valence-corrected chi connectivity index (χ0v) is 20.2. The minimum Gasteiger partial charge on any atom is -0.493 e. The molecule has 0 bridgehead atoms. The third kappa shape index (κ3) is 4.60. The maximum Gasteiger partial charge on any atom is 0.416 e. The van der Waals surface area contributed by atoms with E-state index in [9.17, 15) is 13.2 Å². The molecule has 3 aromatic carbocycles. The zero-order chi connectivity index (χ0) is 25.4. The summed E-state index contributed by atoms with van der Waals surface area (Å²) in [5.74, 6) is 2.35. The van der Waals surface area contributed by atoms with Crippen LogP contribution in [0.4, 0.5) is 13.2 Å². The lowest BCUT2D eigenvalue weighted by atomic mass is 9.98. The second-order valence-electron chi connectivity index (χ2n) is 8.84. The number of halogens is 3. The number of alkyl halides is 3. The van der Waals surface area contributed by atoms with Crippen LogP contribution in [0.5, 0.6) is 17.2 Å². The Morgan fingerprint density at radius 1 is 0.861 bits per heavy atom. The number of hydrogen-bond acceptors (Lipinski definition) is 5. The summed E-state index contributed by atoms with van der Waals surface area (Å²) in [5, 5.41) is 0.778. The number of ether oxygens (including phenoxy) is 3. The fourth-order valence-electron chi connectivity index (χ4n) is 4.75. The number of furan rings is 1. The van der Waals surface area contributed by atoms with E-state index in [1.165, 1.54) is 17.2 Å². The van der Waals surface area contributed by atoms with Crippen LogP contribution in [0.2, 0.25) is 0 Å². The van der Waals surface area contributed by atoms with Gasteiger partial charge in [-0.1, -0.05) is 12.1 Å². The predicted octanol–water partition coefficient (Wildman–Crippen LogP) is 6.70. The Hall–Kier alpha value is -3.65. The molecule has 1 aliphatic heterocycles. The van der Waals surface area contributed by atoms with Crippen molar-refractivity contribution in [3.8, 4) is 28.6 Å². The average molecular weight is 498 g/mol. The molecule has 0 radical (unpaired) electrons. The van der Waals surface area contributed by atoms with Crippen molar-refractivity contribution in [3.05, 3.63) is 76.9 Å². The summed E-state index contributed by atoms with van der Waals surface area (Å²) in [7, 11) is 4.82. The van der Waals surface area contributed by atoms with E-state index < -0.39 is 11.7 Å². The van der Waals surface area contributed by atoms with Gasteiger partial charge in [0.15, 0.2) is 22.8 Å². The number of methoxy groups -OCH3 is 3. The molecule has 0 N–H and O–H groups in total. The standard InChI is InChI=1S/C28H26F3NO4/c1-33-24-12-18-7-8-32(16-21(18)14-25(24)34-2)15-17-9-20-13-23(36-27(20)26(10-17)35-3)19-5-4-6-22(11-19)28(29,30)31/h4-6,9-14H,7-8,15-16H2,1-3H3. The molecule has 188 valence electrons. The van der Waals surface area contributed by atoms with Crippen molar-refractivity contribution < 1.29 is 31.8 Å². The first-order valence-corrected chi connectivity index (χ1v) is 11.5. The lowest BCUT2D eigenvalue weighted by Gasteiger charge is -2.29. The topological polar surface area (TPSA) is 44.1 Å². The fourth-order valence-corrected chi connectivity index (χ4v) is 4.75. The van der Waals surface area contributed by atoms with Crippen molar-refractivity contribution in [2.24, 2.45) is 0 Å². The largest absolute Gasteiger partial charge is 0.493 e. The van der Waals surface area contributed by atoms with Crippen LogP contribution in [0, 0.1) is 0 Å². The van der Waals surface area contributed by atoms with Crippen LogP contribution in [-0.2, 0) is 25.7 Å². The molecule has 36 heavy (non-hydrogen) atoms. The molecular formula is C28H26F3NO4. The van der Waals surface area contributed by atoms with Crippen molar-refractivity contribution in [2.75, 3.05) is 27.9 Å². The maximum atomic E-state index is 13.2. The Labute approximate surface area is 207 Å². The van der Waals surface area contributed by atoms with Crippen molar-refractivity contribution in [3.63, 3.8) is 0 Å². The summed E-state index contributed by atoms with van der Waals surface area (Å²) in [6.07, 6.45) is -3.53. The highest BCUT2D eigenvalue weighted by atomic mass is 19.4. The van der Waals surface area contributed by atoms with Crippen LogP contribution in [-0.4, -0.2) is 32.8 Å². The first-order chi connectivity index (χ1) is 17.3. The van der Waals surface area contributed by atoms with Crippen LogP contribution in [0.1, 0.15) is 22.3 Å². The highest BCUT2D eigenvalue weighted by Gasteiger charge is 2.30. The first kappa shape index (κ1) is 24.1. The molecule has 0 aliphatic carbocycles. The fraction of sp³-hybridized carbons (Fsp3) is 0.286. The SMILES string of the molecule is COc1cc2c(cc1OC)CN(Cc1cc(OC)c3oc(-c4cccc(C(F)(F)F)c4)cc3c1)CC2. The molecule has 5 nitrogen and oxygen atoms in total. The van der Waals surface area contributed by atoms with Crippen LogP contribution in [0.15, 0.2) is 59.0 Å². The summed E-state index contributed by atoms with van der Waals surface area (Å²) in [6, 6.07) is 14.9. The molecule has 0 saturated heterocycles. The summed E-state index contributed by atoms with van der Waals surface area (Å²) in [4.78, 5) is 2.34. The van der Waals surface area contributed by atoms with E-state index in [1.54, 1.807) is 33.5 Å². The van der Waals surface area contributed by atoms with Crippen molar-refractivity contribution in [1.29, 1.82) is 0 Å².